The molecule has 0 aliphatic heterocycles. The molecule has 1 saturated carbocycles. The van der Waals surface area contributed by atoms with Crippen molar-refractivity contribution in [3.63, 3.8) is 0 Å². The van der Waals surface area contributed by atoms with Gasteiger partial charge in [-0.15, -0.1) is 11.3 Å². The molecule has 4 aromatic rings. The van der Waals surface area contributed by atoms with Crippen molar-refractivity contribution in [2.75, 3.05) is 5.32 Å². The van der Waals surface area contributed by atoms with Crippen LogP contribution in [0.15, 0.2) is 48.9 Å². The molecule has 0 radical (unpaired) electrons. The van der Waals surface area contributed by atoms with Crippen LogP contribution >= 0.6 is 11.3 Å². The first-order valence-electron chi connectivity index (χ1n) is 11.8. The van der Waals surface area contributed by atoms with Crippen LogP contribution in [0.25, 0.3) is 16.2 Å². The summed E-state index contributed by atoms with van der Waals surface area (Å²) < 4.78 is 3.10. The van der Waals surface area contributed by atoms with Crippen LogP contribution in [0.5, 0.6) is 0 Å². The van der Waals surface area contributed by atoms with E-state index in [1.165, 1.54) is 24.1 Å². The van der Waals surface area contributed by atoms with E-state index in [0.29, 0.717) is 18.2 Å². The number of nitrogens with zero attached hydrogens (tertiary/aromatic N) is 3. The van der Waals surface area contributed by atoms with Gasteiger partial charge in [0.25, 0.3) is 5.91 Å². The van der Waals surface area contributed by atoms with Gasteiger partial charge in [0, 0.05) is 46.9 Å². The lowest BCUT2D eigenvalue weighted by Gasteiger charge is -2.24. The number of fused-ring (bicyclic) bond motifs is 1. The van der Waals surface area contributed by atoms with E-state index in [4.69, 9.17) is 4.98 Å². The molecular weight excluding hydrogens is 446 g/mol. The van der Waals surface area contributed by atoms with Gasteiger partial charge < -0.3 is 10.6 Å². The van der Waals surface area contributed by atoms with Gasteiger partial charge in [-0.05, 0) is 44.0 Å². The van der Waals surface area contributed by atoms with Crippen molar-refractivity contribution in [3.05, 3.63) is 70.6 Å². The SMILES string of the molecule is Cc1ccc(-c2cnc3c(NC4CCCCC4)cc(C(=O)NCc4ccc(C)[n+](O)c4)cn23)s1. The maximum Gasteiger partial charge on any atom is 0.253 e. The van der Waals surface area contributed by atoms with Crippen LogP contribution in [0.2, 0.25) is 0 Å². The van der Waals surface area contributed by atoms with Gasteiger partial charge in [-0.1, -0.05) is 19.3 Å². The highest BCUT2D eigenvalue weighted by Gasteiger charge is 2.19. The smallest absolute Gasteiger partial charge is 0.253 e. The fourth-order valence-electron chi connectivity index (χ4n) is 4.53. The summed E-state index contributed by atoms with van der Waals surface area (Å²) in [6.07, 6.45) is 11.4. The van der Waals surface area contributed by atoms with Crippen molar-refractivity contribution in [3.8, 4) is 10.6 Å². The zero-order valence-corrected chi connectivity index (χ0v) is 20.4. The van der Waals surface area contributed by atoms with Crippen molar-refractivity contribution >= 4 is 28.6 Å². The maximum atomic E-state index is 13.2. The Hall–Kier alpha value is -3.39. The molecule has 176 valence electrons. The average Bonchev–Trinajstić information content (AvgIpc) is 3.46. The topological polar surface area (TPSA) is 82.5 Å². The number of aryl methyl sites for hydroxylation is 2. The predicted octanol–water partition coefficient (Wildman–Crippen LogP) is 4.88. The predicted molar refractivity (Wildman–Crippen MR) is 133 cm³/mol. The molecule has 4 aromatic heterocycles. The van der Waals surface area contributed by atoms with E-state index in [9.17, 15) is 10.0 Å². The van der Waals surface area contributed by atoms with Crippen molar-refractivity contribution < 1.29 is 14.7 Å². The number of anilines is 1. The summed E-state index contributed by atoms with van der Waals surface area (Å²) in [6.45, 7) is 4.23. The number of carbonyl (C=O) groups excluding carboxylic acids is 1. The maximum absolute atomic E-state index is 13.2. The molecule has 5 rings (SSSR count). The van der Waals surface area contributed by atoms with Crippen molar-refractivity contribution in [1.29, 1.82) is 0 Å². The minimum Gasteiger partial charge on any atom is -0.379 e. The molecule has 8 heteroatoms. The molecule has 1 fully saturated rings. The van der Waals surface area contributed by atoms with E-state index < -0.39 is 0 Å². The molecule has 0 bridgehead atoms. The molecule has 1 amide bonds. The first-order chi connectivity index (χ1) is 16.5. The number of aromatic nitrogens is 3. The Balaban J connectivity index is 1.48. The van der Waals surface area contributed by atoms with Crippen LogP contribution in [0.1, 0.15) is 58.6 Å². The van der Waals surface area contributed by atoms with E-state index in [1.54, 1.807) is 17.5 Å². The van der Waals surface area contributed by atoms with Gasteiger partial charge in [0.2, 0.25) is 11.9 Å². The summed E-state index contributed by atoms with van der Waals surface area (Å²) in [5, 5.41) is 16.6. The van der Waals surface area contributed by atoms with Crippen LogP contribution < -0.4 is 15.4 Å². The Morgan fingerprint density at radius 1 is 1.21 bits per heavy atom. The van der Waals surface area contributed by atoms with Gasteiger partial charge in [-0.3, -0.25) is 14.4 Å². The molecule has 0 unspecified atom stereocenters. The second-order valence-corrected chi connectivity index (χ2v) is 10.4. The van der Waals surface area contributed by atoms with E-state index in [2.05, 4.69) is 29.7 Å². The van der Waals surface area contributed by atoms with Gasteiger partial charge in [-0.2, -0.15) is 0 Å². The number of carbonyl (C=O) groups is 1. The molecule has 34 heavy (non-hydrogen) atoms. The van der Waals surface area contributed by atoms with Gasteiger partial charge in [0.15, 0.2) is 5.65 Å². The number of rotatable bonds is 6. The molecule has 4 heterocycles. The molecular formula is C26H30N5O2S+. The molecule has 3 N–H and O–H groups in total. The Kier molecular flexibility index (Phi) is 6.24. The summed E-state index contributed by atoms with van der Waals surface area (Å²) >= 11 is 1.72. The molecule has 0 spiro atoms. The average molecular weight is 477 g/mol. The molecule has 1 aliphatic carbocycles. The first-order valence-corrected chi connectivity index (χ1v) is 12.6. The largest absolute Gasteiger partial charge is 0.379 e. The van der Waals surface area contributed by atoms with Gasteiger partial charge >= 0.3 is 0 Å². The minimum absolute atomic E-state index is 0.166. The molecule has 0 saturated heterocycles. The number of amides is 1. The standard InChI is InChI=1S/C26H29N5O2S/c1-17-8-10-19(15-31(17)33)13-28-26(32)20-12-22(29-21-6-4-3-5-7-21)25-27-14-23(30(25)16-20)24-11-9-18(2)34-24/h8-12,14-16,21,29H,3-7,13H2,1-2H3,(H-,28,32,33)/p+1. The second kappa shape index (κ2) is 9.46. The zero-order chi connectivity index (χ0) is 23.7. The van der Waals surface area contributed by atoms with Crippen LogP contribution in [0.4, 0.5) is 5.69 Å². The van der Waals surface area contributed by atoms with Crippen molar-refractivity contribution in [1.82, 2.24) is 14.7 Å². The Labute approximate surface area is 203 Å². The third-order valence-corrected chi connectivity index (χ3v) is 7.49. The Bertz CT molecular complexity index is 1340. The van der Waals surface area contributed by atoms with E-state index in [-0.39, 0.29) is 5.91 Å². The summed E-state index contributed by atoms with van der Waals surface area (Å²) in [6, 6.07) is 10.2. The number of hydrogen-bond acceptors (Lipinski definition) is 5. The molecule has 1 aliphatic rings. The monoisotopic (exact) mass is 476 g/mol. The van der Waals surface area contributed by atoms with Crippen LogP contribution in [0, 0.1) is 13.8 Å². The Morgan fingerprint density at radius 2 is 2.03 bits per heavy atom. The summed E-state index contributed by atoms with van der Waals surface area (Å²) in [5.41, 5.74) is 4.83. The van der Waals surface area contributed by atoms with Gasteiger partial charge in [0.05, 0.1) is 28.0 Å². The number of imidazole rings is 1. The van der Waals surface area contributed by atoms with Gasteiger partial charge in [-0.25, -0.2) is 4.98 Å². The third kappa shape index (κ3) is 4.63. The summed E-state index contributed by atoms with van der Waals surface area (Å²) in [5.74, 6) is -0.166. The Morgan fingerprint density at radius 3 is 2.76 bits per heavy atom. The van der Waals surface area contributed by atoms with E-state index >= 15 is 0 Å². The third-order valence-electron chi connectivity index (χ3n) is 6.47. The lowest BCUT2D eigenvalue weighted by Crippen LogP contribution is -2.34. The normalized spacial score (nSPS) is 14.4. The number of hydrogen-bond donors (Lipinski definition) is 3. The summed E-state index contributed by atoms with van der Waals surface area (Å²) in [7, 11) is 0. The van der Waals surface area contributed by atoms with E-state index in [0.717, 1.165) is 50.7 Å². The number of thiophene rings is 1. The second-order valence-electron chi connectivity index (χ2n) is 9.08. The van der Waals surface area contributed by atoms with Crippen molar-refractivity contribution in [2.24, 2.45) is 0 Å². The fourth-order valence-corrected chi connectivity index (χ4v) is 5.41. The van der Waals surface area contributed by atoms with Crippen LogP contribution in [-0.2, 0) is 6.54 Å². The highest BCUT2D eigenvalue weighted by molar-refractivity contribution is 7.15. The minimum atomic E-state index is -0.166. The van der Waals surface area contributed by atoms with Gasteiger partial charge in [0.1, 0.15) is 0 Å². The van der Waals surface area contributed by atoms with E-state index in [1.807, 2.05) is 41.9 Å². The highest BCUT2D eigenvalue weighted by atomic mass is 32.1. The highest BCUT2D eigenvalue weighted by Crippen LogP contribution is 2.32. The van der Waals surface area contributed by atoms with Crippen LogP contribution in [-0.4, -0.2) is 26.5 Å². The fraction of sp³-hybridized carbons (Fsp3) is 0.346. The number of nitrogens with one attached hydrogen (secondary N) is 2. The first kappa shape index (κ1) is 22.4. The number of pyridine rings is 2. The lowest BCUT2D eigenvalue weighted by atomic mass is 9.95. The van der Waals surface area contributed by atoms with Crippen LogP contribution in [0.3, 0.4) is 0 Å². The summed E-state index contributed by atoms with van der Waals surface area (Å²) in [4.78, 5) is 20.3. The zero-order valence-electron chi connectivity index (χ0n) is 19.5. The molecule has 0 aromatic carbocycles. The van der Waals surface area contributed by atoms with Crippen molar-refractivity contribution in [2.45, 2.75) is 58.5 Å². The molecule has 7 nitrogen and oxygen atoms in total. The molecule has 0 atom stereocenters. The quantitative estimate of drug-likeness (QED) is 0.274. The lowest BCUT2D eigenvalue weighted by molar-refractivity contribution is -0.909.